The number of fused-ring (bicyclic) bond motifs is 1. The summed E-state index contributed by atoms with van der Waals surface area (Å²) in [4.78, 5) is 34.6. The summed E-state index contributed by atoms with van der Waals surface area (Å²) in [6.45, 7) is 1.38. The van der Waals surface area contributed by atoms with E-state index in [1.54, 1.807) is 12.3 Å². The number of ether oxygens (including phenoxy) is 1. The summed E-state index contributed by atoms with van der Waals surface area (Å²) in [5, 5.41) is 3.79. The molecule has 5 aromatic rings. The first-order chi connectivity index (χ1) is 18.1. The van der Waals surface area contributed by atoms with Crippen LogP contribution in [0.5, 0.6) is 5.88 Å². The highest BCUT2D eigenvalue weighted by atomic mass is 32.1. The van der Waals surface area contributed by atoms with Crippen molar-refractivity contribution in [1.82, 2.24) is 24.8 Å². The number of nitrogens with zero attached hydrogens (tertiary/aromatic N) is 5. The highest BCUT2D eigenvalue weighted by Crippen LogP contribution is 2.34. The van der Waals surface area contributed by atoms with Gasteiger partial charge in [-0.05, 0) is 44.8 Å². The van der Waals surface area contributed by atoms with E-state index in [9.17, 15) is 4.79 Å². The van der Waals surface area contributed by atoms with E-state index in [1.165, 1.54) is 11.3 Å². The number of anilines is 1. The van der Waals surface area contributed by atoms with E-state index in [1.807, 2.05) is 80.8 Å². The number of amides is 1. The van der Waals surface area contributed by atoms with Crippen molar-refractivity contribution in [2.75, 3.05) is 32.6 Å². The zero-order valence-corrected chi connectivity index (χ0v) is 21.4. The smallest absolute Gasteiger partial charge is 0.274 e. The fourth-order valence-electron chi connectivity index (χ4n) is 3.74. The van der Waals surface area contributed by atoms with E-state index in [0.717, 1.165) is 39.4 Å². The summed E-state index contributed by atoms with van der Waals surface area (Å²) in [5.74, 6) is 0.439. The molecule has 2 aromatic carbocycles. The van der Waals surface area contributed by atoms with Crippen LogP contribution in [0.15, 0.2) is 79.0 Å². The SMILES string of the molecule is CN(C)CCCOc1cc(C(=O)Nc2ccccc2-c2nc3cccnc3s2)nc(-c2ccccc2)n1. The van der Waals surface area contributed by atoms with Crippen LogP contribution >= 0.6 is 11.3 Å². The van der Waals surface area contributed by atoms with Crippen LogP contribution in [-0.2, 0) is 0 Å². The van der Waals surface area contributed by atoms with E-state index in [2.05, 4.69) is 25.2 Å². The third-order valence-corrected chi connectivity index (χ3v) is 6.55. The van der Waals surface area contributed by atoms with Gasteiger partial charge < -0.3 is 15.0 Å². The molecule has 3 heterocycles. The lowest BCUT2D eigenvalue weighted by molar-refractivity contribution is 0.102. The Labute approximate surface area is 219 Å². The minimum absolute atomic E-state index is 0.220. The summed E-state index contributed by atoms with van der Waals surface area (Å²) in [5.41, 5.74) is 3.30. The Kier molecular flexibility index (Phi) is 7.43. The van der Waals surface area contributed by atoms with Gasteiger partial charge in [0.2, 0.25) is 5.88 Å². The second kappa shape index (κ2) is 11.2. The summed E-state index contributed by atoms with van der Waals surface area (Å²) in [7, 11) is 4.03. The van der Waals surface area contributed by atoms with Crippen LogP contribution in [0.3, 0.4) is 0 Å². The maximum absolute atomic E-state index is 13.4. The van der Waals surface area contributed by atoms with Crippen LogP contribution < -0.4 is 10.1 Å². The van der Waals surface area contributed by atoms with E-state index in [0.29, 0.717) is 24.0 Å². The summed E-state index contributed by atoms with van der Waals surface area (Å²) < 4.78 is 5.91. The normalized spacial score (nSPS) is 11.1. The molecule has 0 saturated heterocycles. The largest absolute Gasteiger partial charge is 0.478 e. The van der Waals surface area contributed by atoms with Gasteiger partial charge in [-0.1, -0.05) is 53.8 Å². The molecule has 8 nitrogen and oxygen atoms in total. The first-order valence-electron chi connectivity index (χ1n) is 11.9. The van der Waals surface area contributed by atoms with Gasteiger partial charge >= 0.3 is 0 Å². The zero-order chi connectivity index (χ0) is 25.6. The van der Waals surface area contributed by atoms with Crippen LogP contribution in [0.2, 0.25) is 0 Å². The van der Waals surface area contributed by atoms with Crippen LogP contribution in [0.1, 0.15) is 16.9 Å². The van der Waals surface area contributed by atoms with Gasteiger partial charge in [0.1, 0.15) is 21.0 Å². The standard InChI is InChI=1S/C28H26N6O2S/c1-34(2)16-9-17-36-24-18-23(30-25(33-24)19-10-4-3-5-11-19)26(35)31-21-13-7-6-12-20(21)27-32-22-14-8-15-29-28(22)37-27/h3-8,10-15,18H,9,16-17H2,1-2H3,(H,31,35). The van der Waals surface area contributed by atoms with E-state index in [4.69, 9.17) is 9.72 Å². The third kappa shape index (κ3) is 5.96. The van der Waals surface area contributed by atoms with Gasteiger partial charge in [-0.25, -0.2) is 15.0 Å². The lowest BCUT2D eigenvalue weighted by Crippen LogP contribution is -2.17. The Hall–Kier alpha value is -4.21. The van der Waals surface area contributed by atoms with Gasteiger partial charge in [-0.2, -0.15) is 4.98 Å². The molecule has 1 N–H and O–H groups in total. The molecule has 3 aromatic heterocycles. The minimum Gasteiger partial charge on any atom is -0.478 e. The van der Waals surface area contributed by atoms with Crippen molar-refractivity contribution in [1.29, 1.82) is 0 Å². The Morgan fingerprint density at radius 3 is 2.59 bits per heavy atom. The number of carbonyl (C=O) groups excluding carboxylic acids is 1. The number of para-hydroxylation sites is 1. The molecule has 0 aliphatic carbocycles. The van der Waals surface area contributed by atoms with Crippen molar-refractivity contribution in [3.05, 3.63) is 84.7 Å². The molecular formula is C28H26N6O2S. The molecule has 1 amide bonds. The molecule has 0 atom stereocenters. The molecule has 0 radical (unpaired) electrons. The fraction of sp³-hybridized carbons (Fsp3) is 0.179. The zero-order valence-electron chi connectivity index (χ0n) is 20.6. The molecular weight excluding hydrogens is 484 g/mol. The number of aromatic nitrogens is 4. The summed E-state index contributed by atoms with van der Waals surface area (Å²) in [6, 6.07) is 22.5. The molecule has 0 bridgehead atoms. The minimum atomic E-state index is -0.357. The van der Waals surface area contributed by atoms with Gasteiger partial charge in [0, 0.05) is 29.9 Å². The number of pyridine rings is 1. The monoisotopic (exact) mass is 510 g/mol. The number of nitrogens with one attached hydrogen (secondary N) is 1. The number of thiazole rings is 1. The van der Waals surface area contributed by atoms with E-state index >= 15 is 0 Å². The van der Waals surface area contributed by atoms with Gasteiger partial charge in [-0.15, -0.1) is 0 Å². The number of benzene rings is 2. The Morgan fingerprint density at radius 1 is 0.973 bits per heavy atom. The van der Waals surface area contributed by atoms with Gasteiger partial charge in [0.05, 0.1) is 12.3 Å². The summed E-state index contributed by atoms with van der Waals surface area (Å²) in [6.07, 6.45) is 2.58. The van der Waals surface area contributed by atoms with Gasteiger partial charge in [0.15, 0.2) is 5.82 Å². The van der Waals surface area contributed by atoms with Crippen molar-refractivity contribution in [3.8, 4) is 27.8 Å². The predicted molar refractivity (Wildman–Crippen MR) is 147 cm³/mol. The fourth-order valence-corrected chi connectivity index (χ4v) is 4.69. The van der Waals surface area contributed by atoms with Crippen molar-refractivity contribution < 1.29 is 9.53 Å². The topological polar surface area (TPSA) is 93.1 Å². The highest BCUT2D eigenvalue weighted by molar-refractivity contribution is 7.21. The molecule has 37 heavy (non-hydrogen) atoms. The van der Waals surface area contributed by atoms with Crippen LogP contribution in [0.25, 0.3) is 32.3 Å². The Morgan fingerprint density at radius 2 is 1.78 bits per heavy atom. The molecule has 0 saturated carbocycles. The number of carbonyl (C=O) groups is 1. The average molecular weight is 511 g/mol. The number of hydrogen-bond acceptors (Lipinski definition) is 8. The lowest BCUT2D eigenvalue weighted by atomic mass is 10.1. The molecule has 0 fully saturated rings. The summed E-state index contributed by atoms with van der Waals surface area (Å²) >= 11 is 1.48. The van der Waals surface area contributed by atoms with Crippen molar-refractivity contribution in [3.63, 3.8) is 0 Å². The van der Waals surface area contributed by atoms with Crippen molar-refractivity contribution >= 4 is 33.3 Å². The van der Waals surface area contributed by atoms with Crippen LogP contribution in [0.4, 0.5) is 5.69 Å². The first kappa shape index (κ1) is 24.5. The maximum atomic E-state index is 13.4. The lowest BCUT2D eigenvalue weighted by Gasteiger charge is -2.13. The molecule has 5 rings (SSSR count). The second-order valence-electron chi connectivity index (χ2n) is 8.63. The van der Waals surface area contributed by atoms with Crippen molar-refractivity contribution in [2.24, 2.45) is 0 Å². The van der Waals surface area contributed by atoms with E-state index in [-0.39, 0.29) is 11.6 Å². The Balaban J connectivity index is 1.43. The van der Waals surface area contributed by atoms with Crippen molar-refractivity contribution in [2.45, 2.75) is 6.42 Å². The third-order valence-electron chi connectivity index (χ3n) is 5.54. The van der Waals surface area contributed by atoms with E-state index < -0.39 is 0 Å². The predicted octanol–water partition coefficient (Wildman–Crippen LogP) is 5.40. The van der Waals surface area contributed by atoms with Gasteiger partial charge in [-0.3, -0.25) is 4.79 Å². The molecule has 186 valence electrons. The molecule has 0 unspecified atom stereocenters. The number of hydrogen-bond donors (Lipinski definition) is 1. The molecule has 0 spiro atoms. The average Bonchev–Trinajstić information content (AvgIpc) is 3.36. The van der Waals surface area contributed by atoms with Gasteiger partial charge in [0.25, 0.3) is 5.91 Å². The number of rotatable bonds is 9. The van der Waals surface area contributed by atoms with Crippen LogP contribution in [0, 0.1) is 0 Å². The highest BCUT2D eigenvalue weighted by Gasteiger charge is 2.17. The second-order valence-corrected chi connectivity index (χ2v) is 9.61. The molecule has 9 heteroatoms. The Bertz CT molecular complexity index is 1490. The maximum Gasteiger partial charge on any atom is 0.274 e. The quantitative estimate of drug-likeness (QED) is 0.266. The molecule has 0 aliphatic rings. The first-order valence-corrected chi connectivity index (χ1v) is 12.7. The molecule has 0 aliphatic heterocycles. The van der Waals surface area contributed by atoms with Crippen LogP contribution in [-0.4, -0.2) is 58.0 Å².